The van der Waals surface area contributed by atoms with Gasteiger partial charge >= 0.3 is 6.03 Å². The Bertz CT molecular complexity index is 1340. The maximum atomic E-state index is 11.8. The van der Waals surface area contributed by atoms with E-state index >= 15 is 0 Å². The van der Waals surface area contributed by atoms with E-state index in [0.717, 1.165) is 38.3 Å². The van der Waals surface area contributed by atoms with Crippen molar-refractivity contribution in [3.05, 3.63) is 66.1 Å². The first-order valence-electron chi connectivity index (χ1n) is 12.3. The number of nitrogens with one attached hydrogen (secondary N) is 2. The number of hydrogen-bond acceptors (Lipinski definition) is 7. The van der Waals surface area contributed by atoms with Gasteiger partial charge in [0.2, 0.25) is 0 Å². The lowest BCUT2D eigenvalue weighted by Crippen LogP contribution is -2.43. The number of piperazine rings is 1. The number of anilines is 1. The number of hydrogen-bond donors (Lipinski definition) is 2. The van der Waals surface area contributed by atoms with Crippen LogP contribution < -0.4 is 10.6 Å². The van der Waals surface area contributed by atoms with Crippen LogP contribution in [-0.2, 0) is 13.1 Å². The van der Waals surface area contributed by atoms with Crippen LogP contribution in [0.2, 0.25) is 0 Å². The molecule has 0 bridgehead atoms. The number of amides is 2. The zero-order valence-electron chi connectivity index (χ0n) is 20.7. The van der Waals surface area contributed by atoms with E-state index in [9.17, 15) is 4.79 Å². The maximum Gasteiger partial charge on any atom is 0.320 e. The molecular formula is C26H31N9O. The molecule has 1 aliphatic heterocycles. The Morgan fingerprint density at radius 2 is 1.81 bits per heavy atom. The minimum absolute atomic E-state index is 0.303. The molecule has 0 radical (unpaired) electrons. The van der Waals surface area contributed by atoms with E-state index in [2.05, 4.69) is 71.8 Å². The average Bonchev–Trinajstić information content (AvgIpc) is 3.34. The molecule has 1 aliphatic rings. The Balaban J connectivity index is 1.28. The van der Waals surface area contributed by atoms with Crippen LogP contribution in [0.15, 0.2) is 55.0 Å². The van der Waals surface area contributed by atoms with Crippen LogP contribution in [-0.4, -0.2) is 80.3 Å². The van der Waals surface area contributed by atoms with E-state index in [1.54, 1.807) is 24.5 Å². The van der Waals surface area contributed by atoms with Gasteiger partial charge in [0, 0.05) is 51.0 Å². The van der Waals surface area contributed by atoms with Gasteiger partial charge in [-0.15, -0.1) is 0 Å². The van der Waals surface area contributed by atoms with Gasteiger partial charge in [0.05, 0.1) is 24.6 Å². The van der Waals surface area contributed by atoms with Crippen LogP contribution in [0.5, 0.6) is 0 Å². The van der Waals surface area contributed by atoms with E-state index in [0.29, 0.717) is 35.8 Å². The van der Waals surface area contributed by atoms with Crippen LogP contribution in [0.4, 0.5) is 10.6 Å². The van der Waals surface area contributed by atoms with Crippen molar-refractivity contribution >= 4 is 23.0 Å². The second-order valence-corrected chi connectivity index (χ2v) is 9.10. The molecule has 0 unspecified atom stereocenters. The van der Waals surface area contributed by atoms with Crippen molar-refractivity contribution in [1.82, 2.24) is 39.8 Å². The maximum absolute atomic E-state index is 11.8. The molecule has 0 spiro atoms. The number of carbonyl (C=O) groups excluding carboxylic acids is 1. The van der Waals surface area contributed by atoms with Crippen molar-refractivity contribution in [2.45, 2.75) is 20.0 Å². The Morgan fingerprint density at radius 3 is 2.61 bits per heavy atom. The number of benzene rings is 1. The molecule has 36 heavy (non-hydrogen) atoms. The first-order chi connectivity index (χ1) is 17.6. The normalized spacial score (nSPS) is 14.7. The summed E-state index contributed by atoms with van der Waals surface area (Å²) in [4.78, 5) is 30.3. The summed E-state index contributed by atoms with van der Waals surface area (Å²) in [5, 5.41) is 9.94. The van der Waals surface area contributed by atoms with Crippen molar-refractivity contribution in [3.63, 3.8) is 0 Å². The molecule has 1 fully saturated rings. The number of aromatic nitrogens is 5. The van der Waals surface area contributed by atoms with Crippen molar-refractivity contribution < 1.29 is 4.79 Å². The molecule has 4 aromatic rings. The zero-order valence-corrected chi connectivity index (χ0v) is 20.7. The van der Waals surface area contributed by atoms with E-state index in [-0.39, 0.29) is 6.03 Å². The largest absolute Gasteiger partial charge is 0.338 e. The fourth-order valence-electron chi connectivity index (χ4n) is 4.29. The SMILES string of the molecule is CCNC(=O)Nc1ccc2ncc(-c3cnn(Cc4cccc(CN5CCN(C)CC5)c4)c3)nc2n1. The molecule has 2 amide bonds. The van der Waals surface area contributed by atoms with Crippen molar-refractivity contribution in [2.75, 3.05) is 45.1 Å². The first kappa shape index (κ1) is 23.8. The quantitative estimate of drug-likeness (QED) is 0.415. The van der Waals surface area contributed by atoms with Crippen molar-refractivity contribution in [2.24, 2.45) is 0 Å². The summed E-state index contributed by atoms with van der Waals surface area (Å²) in [5.74, 6) is 0.423. The number of fused-ring (bicyclic) bond motifs is 1. The second kappa shape index (κ2) is 10.8. The van der Waals surface area contributed by atoms with Crippen LogP contribution >= 0.6 is 0 Å². The monoisotopic (exact) mass is 485 g/mol. The van der Waals surface area contributed by atoms with E-state index < -0.39 is 0 Å². The van der Waals surface area contributed by atoms with Crippen molar-refractivity contribution in [3.8, 4) is 11.3 Å². The number of likely N-dealkylation sites (N-methyl/N-ethyl adjacent to an activating group) is 1. The smallest absolute Gasteiger partial charge is 0.320 e. The number of pyridine rings is 1. The molecule has 1 saturated heterocycles. The highest BCUT2D eigenvalue weighted by Crippen LogP contribution is 2.20. The zero-order chi connectivity index (χ0) is 24.9. The molecule has 5 rings (SSSR count). The summed E-state index contributed by atoms with van der Waals surface area (Å²) < 4.78 is 1.91. The van der Waals surface area contributed by atoms with E-state index in [1.807, 2.05) is 17.8 Å². The fraction of sp³-hybridized carbons (Fsp3) is 0.346. The third kappa shape index (κ3) is 5.84. The standard InChI is InChI=1S/C26H31N9O/c1-3-27-26(36)32-24-8-7-22-25(31-24)30-23(15-28-22)21-14-29-35(18-21)17-20-6-4-5-19(13-20)16-34-11-9-33(2)10-12-34/h4-8,13-15,18H,3,9-12,16-17H2,1-2H3,(H2,27,30,31,32,36). The molecule has 0 saturated carbocycles. The third-order valence-corrected chi connectivity index (χ3v) is 6.25. The average molecular weight is 486 g/mol. The molecule has 3 aromatic heterocycles. The summed E-state index contributed by atoms with van der Waals surface area (Å²) >= 11 is 0. The van der Waals surface area contributed by atoms with Crippen LogP contribution in [0.3, 0.4) is 0 Å². The van der Waals surface area contributed by atoms with Gasteiger partial charge in [-0.05, 0) is 37.2 Å². The topological polar surface area (TPSA) is 104 Å². The Kier molecular flexibility index (Phi) is 7.15. The van der Waals surface area contributed by atoms with Gasteiger partial charge in [-0.3, -0.25) is 19.9 Å². The highest BCUT2D eigenvalue weighted by molar-refractivity contribution is 5.89. The van der Waals surface area contributed by atoms with Gasteiger partial charge in [0.15, 0.2) is 5.65 Å². The highest BCUT2D eigenvalue weighted by Gasteiger charge is 2.14. The predicted octanol–water partition coefficient (Wildman–Crippen LogP) is 2.83. The van der Waals surface area contributed by atoms with Gasteiger partial charge in [0.25, 0.3) is 0 Å². The van der Waals surface area contributed by atoms with Crippen LogP contribution in [0.25, 0.3) is 22.4 Å². The predicted molar refractivity (Wildman–Crippen MR) is 140 cm³/mol. The Hall–Kier alpha value is -3.89. The van der Waals surface area contributed by atoms with Crippen molar-refractivity contribution in [1.29, 1.82) is 0 Å². The summed E-state index contributed by atoms with van der Waals surface area (Å²) in [6.45, 7) is 8.50. The van der Waals surface area contributed by atoms with Crippen LogP contribution in [0, 0.1) is 0 Å². The summed E-state index contributed by atoms with van der Waals surface area (Å²) in [6.07, 6.45) is 5.49. The van der Waals surface area contributed by atoms with Gasteiger partial charge in [0.1, 0.15) is 11.3 Å². The lowest BCUT2D eigenvalue weighted by atomic mass is 10.1. The molecule has 10 heteroatoms. The molecule has 10 nitrogen and oxygen atoms in total. The van der Waals surface area contributed by atoms with Gasteiger partial charge < -0.3 is 10.2 Å². The molecule has 4 heterocycles. The fourth-order valence-corrected chi connectivity index (χ4v) is 4.29. The van der Waals surface area contributed by atoms with Gasteiger partial charge in [-0.2, -0.15) is 5.10 Å². The van der Waals surface area contributed by atoms with Crippen LogP contribution in [0.1, 0.15) is 18.1 Å². The minimum atomic E-state index is -0.303. The molecule has 186 valence electrons. The summed E-state index contributed by atoms with van der Waals surface area (Å²) in [5.41, 5.74) is 5.20. The number of urea groups is 1. The molecule has 0 atom stereocenters. The summed E-state index contributed by atoms with van der Waals surface area (Å²) in [7, 11) is 2.18. The second-order valence-electron chi connectivity index (χ2n) is 9.10. The van der Waals surface area contributed by atoms with E-state index in [4.69, 9.17) is 0 Å². The Morgan fingerprint density at radius 1 is 1.00 bits per heavy atom. The highest BCUT2D eigenvalue weighted by atomic mass is 16.2. The number of carbonyl (C=O) groups is 1. The number of rotatable bonds is 7. The lowest BCUT2D eigenvalue weighted by molar-refractivity contribution is 0.148. The third-order valence-electron chi connectivity index (χ3n) is 6.25. The van der Waals surface area contributed by atoms with Gasteiger partial charge in [-0.1, -0.05) is 24.3 Å². The summed E-state index contributed by atoms with van der Waals surface area (Å²) in [6, 6.07) is 11.9. The minimum Gasteiger partial charge on any atom is -0.338 e. The first-order valence-corrected chi connectivity index (χ1v) is 12.3. The molecule has 1 aromatic carbocycles. The lowest BCUT2D eigenvalue weighted by Gasteiger charge is -2.32. The number of nitrogens with zero attached hydrogens (tertiary/aromatic N) is 7. The molecular weight excluding hydrogens is 454 g/mol. The van der Waals surface area contributed by atoms with Gasteiger partial charge in [-0.25, -0.2) is 14.8 Å². The Labute approximate surface area is 210 Å². The molecule has 0 aliphatic carbocycles. The van der Waals surface area contributed by atoms with E-state index in [1.165, 1.54) is 11.1 Å². The molecule has 2 N–H and O–H groups in total.